The smallest absolute Gasteiger partial charge is 0.254 e. The van der Waals surface area contributed by atoms with E-state index in [1.54, 1.807) is 19.9 Å². The molecule has 0 spiro atoms. The zero-order valence-electron chi connectivity index (χ0n) is 9.25. The van der Waals surface area contributed by atoms with Crippen LogP contribution in [-0.2, 0) is 0 Å². The Balaban J connectivity index is 2.78. The van der Waals surface area contributed by atoms with E-state index in [2.05, 4.69) is 5.32 Å². The molecule has 0 aliphatic heterocycles. The third-order valence-electron chi connectivity index (χ3n) is 2.14. The highest BCUT2D eigenvalue weighted by Gasteiger charge is 2.13. The van der Waals surface area contributed by atoms with Crippen molar-refractivity contribution in [2.45, 2.75) is 26.3 Å². The molecule has 0 aliphatic carbocycles. The summed E-state index contributed by atoms with van der Waals surface area (Å²) in [6.07, 6.45) is 0.208. The van der Waals surface area contributed by atoms with Crippen molar-refractivity contribution < 1.29 is 9.18 Å². The van der Waals surface area contributed by atoms with Crippen LogP contribution in [0.2, 0.25) is 0 Å². The number of carbonyl (C=O) groups is 1. The first-order valence-corrected chi connectivity index (χ1v) is 4.98. The maximum Gasteiger partial charge on any atom is 0.254 e. The molecule has 0 heterocycles. The van der Waals surface area contributed by atoms with E-state index >= 15 is 0 Å². The second-order valence-corrected chi connectivity index (χ2v) is 3.72. The minimum atomic E-state index is -0.540. The molecule has 0 aromatic heterocycles. The van der Waals surface area contributed by atoms with Gasteiger partial charge in [-0.15, -0.1) is 0 Å². The Morgan fingerprint density at radius 1 is 1.62 bits per heavy atom. The lowest BCUT2D eigenvalue weighted by Crippen LogP contribution is -2.32. The largest absolute Gasteiger partial charge is 0.348 e. The molecule has 0 fully saturated rings. The highest BCUT2D eigenvalue weighted by molar-refractivity contribution is 5.94. The second-order valence-electron chi connectivity index (χ2n) is 3.72. The van der Waals surface area contributed by atoms with Gasteiger partial charge in [-0.2, -0.15) is 5.26 Å². The van der Waals surface area contributed by atoms with E-state index in [4.69, 9.17) is 5.26 Å². The lowest BCUT2D eigenvalue weighted by Gasteiger charge is -2.10. The number of amides is 1. The Morgan fingerprint density at radius 2 is 2.31 bits per heavy atom. The molecule has 0 saturated heterocycles. The summed E-state index contributed by atoms with van der Waals surface area (Å²) >= 11 is 0. The van der Waals surface area contributed by atoms with Crippen LogP contribution < -0.4 is 5.32 Å². The van der Waals surface area contributed by atoms with E-state index in [1.165, 1.54) is 12.1 Å². The van der Waals surface area contributed by atoms with Gasteiger partial charge in [0.1, 0.15) is 5.82 Å². The lowest BCUT2D eigenvalue weighted by atomic mass is 10.1. The van der Waals surface area contributed by atoms with Crippen molar-refractivity contribution in [3.05, 3.63) is 35.1 Å². The molecule has 0 aliphatic rings. The van der Waals surface area contributed by atoms with Crippen molar-refractivity contribution in [1.29, 1.82) is 5.26 Å². The Bertz CT molecular complexity index is 437. The van der Waals surface area contributed by atoms with Gasteiger partial charge in [-0.25, -0.2) is 4.39 Å². The molecule has 0 saturated carbocycles. The van der Waals surface area contributed by atoms with Gasteiger partial charge in [0.2, 0.25) is 0 Å². The number of hydrogen-bond acceptors (Lipinski definition) is 2. The summed E-state index contributed by atoms with van der Waals surface area (Å²) < 4.78 is 13.4. The van der Waals surface area contributed by atoms with E-state index in [0.29, 0.717) is 0 Å². The molecule has 0 bridgehead atoms. The summed E-state index contributed by atoms with van der Waals surface area (Å²) in [7, 11) is 0. The molecule has 84 valence electrons. The molecule has 1 aromatic rings. The van der Waals surface area contributed by atoms with Gasteiger partial charge in [0.05, 0.1) is 18.1 Å². The number of hydrogen-bond donors (Lipinski definition) is 1. The Hall–Kier alpha value is -1.89. The van der Waals surface area contributed by atoms with Crippen molar-refractivity contribution in [1.82, 2.24) is 5.32 Å². The molecule has 1 amide bonds. The number of halogens is 1. The quantitative estimate of drug-likeness (QED) is 0.848. The van der Waals surface area contributed by atoms with Gasteiger partial charge in [0.15, 0.2) is 0 Å². The van der Waals surface area contributed by atoms with Crippen molar-refractivity contribution in [2.24, 2.45) is 0 Å². The van der Waals surface area contributed by atoms with Gasteiger partial charge < -0.3 is 5.32 Å². The van der Waals surface area contributed by atoms with Crippen LogP contribution in [0.15, 0.2) is 18.2 Å². The standard InChI is InChI=1S/C12H13FN2O/c1-8-3-4-10(11(13)7-8)12(16)15-9(2)5-6-14/h3-4,7,9H,5H2,1-2H3,(H,15,16). The summed E-state index contributed by atoms with van der Waals surface area (Å²) in [6, 6.07) is 6.09. The van der Waals surface area contributed by atoms with Gasteiger partial charge in [-0.05, 0) is 31.5 Å². The minimum Gasteiger partial charge on any atom is -0.348 e. The van der Waals surface area contributed by atoms with Crippen molar-refractivity contribution >= 4 is 5.91 Å². The number of rotatable bonds is 3. The Labute approximate surface area is 93.9 Å². The third-order valence-corrected chi connectivity index (χ3v) is 2.14. The topological polar surface area (TPSA) is 52.9 Å². The molecule has 3 nitrogen and oxygen atoms in total. The fourth-order valence-electron chi connectivity index (χ4n) is 1.29. The highest BCUT2D eigenvalue weighted by atomic mass is 19.1. The highest BCUT2D eigenvalue weighted by Crippen LogP contribution is 2.10. The molecule has 1 aromatic carbocycles. The summed E-state index contributed by atoms with van der Waals surface area (Å²) in [5, 5.41) is 11.0. The van der Waals surface area contributed by atoms with Gasteiger partial charge in [-0.3, -0.25) is 4.79 Å². The fourth-order valence-corrected chi connectivity index (χ4v) is 1.29. The van der Waals surface area contributed by atoms with Crippen LogP contribution in [-0.4, -0.2) is 11.9 Å². The summed E-state index contributed by atoms with van der Waals surface area (Å²) in [6.45, 7) is 3.45. The van der Waals surface area contributed by atoms with Crippen LogP contribution in [0.1, 0.15) is 29.3 Å². The van der Waals surface area contributed by atoms with Crippen molar-refractivity contribution in [3.63, 3.8) is 0 Å². The monoisotopic (exact) mass is 220 g/mol. The number of nitriles is 1. The zero-order valence-corrected chi connectivity index (χ0v) is 9.25. The Morgan fingerprint density at radius 3 is 2.88 bits per heavy atom. The van der Waals surface area contributed by atoms with Gasteiger partial charge in [0, 0.05) is 6.04 Å². The van der Waals surface area contributed by atoms with E-state index in [-0.39, 0.29) is 18.0 Å². The number of aryl methyl sites for hydroxylation is 1. The predicted octanol–water partition coefficient (Wildman–Crippen LogP) is 2.17. The number of benzene rings is 1. The molecule has 1 atom stereocenters. The van der Waals surface area contributed by atoms with E-state index in [9.17, 15) is 9.18 Å². The van der Waals surface area contributed by atoms with Crippen LogP contribution in [0, 0.1) is 24.1 Å². The average Bonchev–Trinajstić information content (AvgIpc) is 2.17. The fraction of sp³-hybridized carbons (Fsp3) is 0.333. The lowest BCUT2D eigenvalue weighted by molar-refractivity contribution is 0.0937. The molecular formula is C12H13FN2O. The molecule has 1 rings (SSSR count). The minimum absolute atomic E-state index is 0.00962. The Kier molecular flexibility index (Phi) is 4.01. The first-order chi connectivity index (χ1) is 7.54. The number of carbonyl (C=O) groups excluding carboxylic acids is 1. The SMILES string of the molecule is Cc1ccc(C(=O)NC(C)CC#N)c(F)c1. The maximum absolute atomic E-state index is 13.4. The van der Waals surface area contributed by atoms with Crippen LogP contribution in [0.5, 0.6) is 0 Å². The van der Waals surface area contributed by atoms with E-state index < -0.39 is 11.7 Å². The van der Waals surface area contributed by atoms with Gasteiger partial charge >= 0.3 is 0 Å². The number of nitrogens with zero attached hydrogens (tertiary/aromatic N) is 1. The molecule has 4 heteroatoms. The van der Waals surface area contributed by atoms with E-state index in [1.807, 2.05) is 6.07 Å². The average molecular weight is 220 g/mol. The molecule has 1 N–H and O–H groups in total. The van der Waals surface area contributed by atoms with Crippen molar-refractivity contribution in [3.8, 4) is 6.07 Å². The molecule has 0 radical (unpaired) electrons. The summed E-state index contributed by atoms with van der Waals surface area (Å²) in [5.41, 5.74) is 0.773. The van der Waals surface area contributed by atoms with Gasteiger partial charge in [0.25, 0.3) is 5.91 Å². The predicted molar refractivity (Wildman–Crippen MR) is 58.3 cm³/mol. The maximum atomic E-state index is 13.4. The molecular weight excluding hydrogens is 207 g/mol. The first kappa shape index (κ1) is 12.2. The van der Waals surface area contributed by atoms with Crippen LogP contribution in [0.4, 0.5) is 4.39 Å². The second kappa shape index (κ2) is 5.26. The molecule has 1 unspecified atom stereocenters. The van der Waals surface area contributed by atoms with Crippen LogP contribution in [0.3, 0.4) is 0 Å². The van der Waals surface area contributed by atoms with Crippen molar-refractivity contribution in [2.75, 3.05) is 0 Å². The van der Waals surface area contributed by atoms with Crippen LogP contribution in [0.25, 0.3) is 0 Å². The van der Waals surface area contributed by atoms with E-state index in [0.717, 1.165) is 5.56 Å². The van der Waals surface area contributed by atoms with Gasteiger partial charge in [-0.1, -0.05) is 6.07 Å². The summed E-state index contributed by atoms with van der Waals surface area (Å²) in [4.78, 5) is 11.6. The molecule has 16 heavy (non-hydrogen) atoms. The zero-order chi connectivity index (χ0) is 12.1. The third kappa shape index (κ3) is 3.06. The first-order valence-electron chi connectivity index (χ1n) is 4.98. The normalized spacial score (nSPS) is 11.6. The summed E-state index contributed by atoms with van der Waals surface area (Å²) in [5.74, 6) is -1.03. The van der Waals surface area contributed by atoms with Crippen LogP contribution >= 0.6 is 0 Å². The number of nitrogens with one attached hydrogen (secondary N) is 1.